The van der Waals surface area contributed by atoms with Gasteiger partial charge in [0.1, 0.15) is 12.4 Å². The molecule has 116 valence electrons. The molecule has 0 radical (unpaired) electrons. The van der Waals surface area contributed by atoms with Crippen molar-refractivity contribution in [2.24, 2.45) is 5.73 Å². The fourth-order valence-electron chi connectivity index (χ4n) is 3.15. The van der Waals surface area contributed by atoms with Crippen molar-refractivity contribution in [3.63, 3.8) is 0 Å². The SMILES string of the molecule is CC(C)N1Cc2ccc(OCc3ccccc3)cc2C1CN. The Hall–Kier alpha value is -1.84. The summed E-state index contributed by atoms with van der Waals surface area (Å²) in [5, 5.41) is 0. The number of hydrogen-bond donors (Lipinski definition) is 1. The van der Waals surface area contributed by atoms with Crippen molar-refractivity contribution in [3.8, 4) is 5.75 Å². The summed E-state index contributed by atoms with van der Waals surface area (Å²) >= 11 is 0. The van der Waals surface area contributed by atoms with Crippen LogP contribution < -0.4 is 10.5 Å². The van der Waals surface area contributed by atoms with E-state index in [0.29, 0.717) is 25.2 Å². The van der Waals surface area contributed by atoms with Crippen molar-refractivity contribution < 1.29 is 4.74 Å². The molecule has 3 nitrogen and oxygen atoms in total. The van der Waals surface area contributed by atoms with Gasteiger partial charge >= 0.3 is 0 Å². The minimum atomic E-state index is 0.301. The fraction of sp³-hybridized carbons (Fsp3) is 0.368. The molecular weight excluding hydrogens is 272 g/mol. The smallest absolute Gasteiger partial charge is 0.120 e. The Kier molecular flexibility index (Phi) is 4.46. The lowest BCUT2D eigenvalue weighted by atomic mass is 10.0. The fourth-order valence-corrected chi connectivity index (χ4v) is 3.15. The van der Waals surface area contributed by atoms with Crippen LogP contribution in [-0.4, -0.2) is 17.5 Å². The van der Waals surface area contributed by atoms with Gasteiger partial charge in [0.2, 0.25) is 0 Å². The maximum atomic E-state index is 6.01. The molecule has 0 saturated carbocycles. The largest absolute Gasteiger partial charge is 0.489 e. The van der Waals surface area contributed by atoms with Crippen molar-refractivity contribution in [1.29, 1.82) is 0 Å². The van der Waals surface area contributed by atoms with Crippen molar-refractivity contribution >= 4 is 0 Å². The summed E-state index contributed by atoms with van der Waals surface area (Å²) in [6.07, 6.45) is 0. The second-order valence-corrected chi connectivity index (χ2v) is 6.15. The third kappa shape index (κ3) is 3.01. The van der Waals surface area contributed by atoms with E-state index in [1.54, 1.807) is 0 Å². The average molecular weight is 296 g/mol. The van der Waals surface area contributed by atoms with Crippen LogP contribution in [0.5, 0.6) is 5.75 Å². The lowest BCUT2D eigenvalue weighted by Crippen LogP contribution is -2.33. The van der Waals surface area contributed by atoms with Gasteiger partial charge in [-0.25, -0.2) is 0 Å². The van der Waals surface area contributed by atoms with Crippen LogP contribution in [0, 0.1) is 0 Å². The molecule has 0 aromatic heterocycles. The molecule has 1 aliphatic rings. The Morgan fingerprint density at radius 2 is 1.95 bits per heavy atom. The maximum absolute atomic E-state index is 6.01. The van der Waals surface area contributed by atoms with E-state index in [-0.39, 0.29) is 0 Å². The Labute approximate surface area is 132 Å². The normalized spacial score (nSPS) is 17.7. The first-order valence-electron chi connectivity index (χ1n) is 7.94. The lowest BCUT2D eigenvalue weighted by Gasteiger charge is -2.27. The van der Waals surface area contributed by atoms with Crippen molar-refractivity contribution in [2.45, 2.75) is 39.1 Å². The second kappa shape index (κ2) is 6.51. The van der Waals surface area contributed by atoms with E-state index in [1.807, 2.05) is 18.2 Å². The zero-order valence-electron chi connectivity index (χ0n) is 13.3. The highest BCUT2D eigenvalue weighted by Crippen LogP contribution is 2.36. The molecule has 1 aliphatic heterocycles. The van der Waals surface area contributed by atoms with Gasteiger partial charge in [-0.3, -0.25) is 4.90 Å². The highest BCUT2D eigenvalue weighted by molar-refractivity contribution is 5.41. The minimum absolute atomic E-state index is 0.301. The highest BCUT2D eigenvalue weighted by atomic mass is 16.5. The number of hydrogen-bond acceptors (Lipinski definition) is 3. The van der Waals surface area contributed by atoms with Crippen LogP contribution in [0.15, 0.2) is 48.5 Å². The molecule has 1 heterocycles. The van der Waals surface area contributed by atoms with Crippen LogP contribution in [0.4, 0.5) is 0 Å². The summed E-state index contributed by atoms with van der Waals surface area (Å²) in [5.41, 5.74) is 9.88. The third-order valence-corrected chi connectivity index (χ3v) is 4.36. The topological polar surface area (TPSA) is 38.5 Å². The summed E-state index contributed by atoms with van der Waals surface area (Å²) < 4.78 is 5.95. The Bertz CT molecular complexity index is 625. The number of ether oxygens (including phenoxy) is 1. The predicted octanol–water partition coefficient (Wildman–Crippen LogP) is 3.49. The van der Waals surface area contributed by atoms with Crippen LogP contribution in [0.1, 0.15) is 36.6 Å². The van der Waals surface area contributed by atoms with Crippen LogP contribution >= 0.6 is 0 Å². The van der Waals surface area contributed by atoms with Crippen LogP contribution in [0.25, 0.3) is 0 Å². The van der Waals surface area contributed by atoms with Gasteiger partial charge in [-0.05, 0) is 42.7 Å². The molecule has 0 aliphatic carbocycles. The van der Waals surface area contributed by atoms with E-state index < -0.39 is 0 Å². The number of fused-ring (bicyclic) bond motifs is 1. The zero-order valence-corrected chi connectivity index (χ0v) is 13.3. The van der Waals surface area contributed by atoms with E-state index in [2.05, 4.69) is 49.1 Å². The van der Waals surface area contributed by atoms with Gasteiger partial charge in [-0.2, -0.15) is 0 Å². The van der Waals surface area contributed by atoms with Crippen LogP contribution in [0.3, 0.4) is 0 Å². The standard InChI is InChI=1S/C19H24N2O/c1-14(2)21-12-16-8-9-17(10-18(16)19(21)11-20)22-13-15-6-4-3-5-7-15/h3-10,14,19H,11-13,20H2,1-2H3. The van der Waals surface area contributed by atoms with Crippen molar-refractivity contribution in [2.75, 3.05) is 6.54 Å². The van der Waals surface area contributed by atoms with Gasteiger partial charge in [0.15, 0.2) is 0 Å². The molecule has 0 fully saturated rings. The molecule has 2 aromatic rings. The van der Waals surface area contributed by atoms with Crippen molar-refractivity contribution in [3.05, 3.63) is 65.2 Å². The molecule has 3 rings (SSSR count). The van der Waals surface area contributed by atoms with Gasteiger partial charge < -0.3 is 10.5 Å². The summed E-state index contributed by atoms with van der Waals surface area (Å²) in [4.78, 5) is 2.45. The second-order valence-electron chi connectivity index (χ2n) is 6.15. The molecule has 22 heavy (non-hydrogen) atoms. The molecule has 3 heteroatoms. The van der Waals surface area contributed by atoms with Crippen molar-refractivity contribution in [1.82, 2.24) is 4.90 Å². The predicted molar refractivity (Wildman–Crippen MR) is 89.7 cm³/mol. The lowest BCUT2D eigenvalue weighted by molar-refractivity contribution is 0.172. The van der Waals surface area contributed by atoms with E-state index in [9.17, 15) is 0 Å². The Morgan fingerprint density at radius 3 is 2.64 bits per heavy atom. The van der Waals surface area contributed by atoms with Crippen LogP contribution in [-0.2, 0) is 13.2 Å². The molecule has 0 amide bonds. The first-order chi connectivity index (χ1) is 10.7. The molecule has 0 saturated heterocycles. The summed E-state index contributed by atoms with van der Waals surface area (Å²) in [5.74, 6) is 0.923. The average Bonchev–Trinajstić information content (AvgIpc) is 2.92. The summed E-state index contributed by atoms with van der Waals surface area (Å²) in [6, 6.07) is 17.5. The van der Waals surface area contributed by atoms with Gasteiger partial charge in [0.25, 0.3) is 0 Å². The highest BCUT2D eigenvalue weighted by Gasteiger charge is 2.30. The first-order valence-corrected chi connectivity index (χ1v) is 7.94. The molecule has 0 spiro atoms. The van der Waals surface area contributed by atoms with E-state index in [4.69, 9.17) is 10.5 Å². The maximum Gasteiger partial charge on any atom is 0.120 e. The summed E-state index contributed by atoms with van der Waals surface area (Å²) in [7, 11) is 0. The molecule has 0 bridgehead atoms. The molecule has 2 aromatic carbocycles. The number of benzene rings is 2. The van der Waals surface area contributed by atoms with Gasteiger partial charge in [0.05, 0.1) is 0 Å². The number of nitrogens with two attached hydrogens (primary N) is 1. The molecular formula is C19H24N2O. The quantitative estimate of drug-likeness (QED) is 0.918. The Balaban J connectivity index is 1.76. The zero-order chi connectivity index (χ0) is 15.5. The molecule has 2 N–H and O–H groups in total. The van der Waals surface area contributed by atoms with E-state index >= 15 is 0 Å². The minimum Gasteiger partial charge on any atom is -0.489 e. The first kappa shape index (κ1) is 15.1. The van der Waals surface area contributed by atoms with Gasteiger partial charge in [-0.15, -0.1) is 0 Å². The third-order valence-electron chi connectivity index (χ3n) is 4.36. The summed E-state index contributed by atoms with van der Waals surface area (Å²) in [6.45, 7) is 6.67. The number of nitrogens with zero attached hydrogens (tertiary/aromatic N) is 1. The molecule has 1 atom stereocenters. The van der Waals surface area contributed by atoms with Gasteiger partial charge in [0, 0.05) is 25.2 Å². The molecule has 1 unspecified atom stereocenters. The van der Waals surface area contributed by atoms with E-state index in [0.717, 1.165) is 12.3 Å². The monoisotopic (exact) mass is 296 g/mol. The Morgan fingerprint density at radius 1 is 1.18 bits per heavy atom. The number of rotatable bonds is 5. The van der Waals surface area contributed by atoms with E-state index in [1.165, 1.54) is 16.7 Å². The van der Waals surface area contributed by atoms with Gasteiger partial charge in [-0.1, -0.05) is 36.4 Å². The van der Waals surface area contributed by atoms with Crippen LogP contribution in [0.2, 0.25) is 0 Å².